The molecule has 0 aliphatic heterocycles. The number of aliphatic carboxylic acids is 1. The highest BCUT2D eigenvalue weighted by Crippen LogP contribution is 2.15. The number of allylic oxidation sites excluding steroid dienone is 6. The smallest absolute Gasteiger partial charge is 0.330 e. The first-order valence-electron chi connectivity index (χ1n) is 21.1. The lowest BCUT2D eigenvalue weighted by Gasteiger charge is -2.03. The maximum Gasteiger partial charge on any atom is 0.330 e. The Bertz CT molecular complexity index is 779. The van der Waals surface area contributed by atoms with Gasteiger partial charge in [0.2, 0.25) is 0 Å². The van der Waals surface area contributed by atoms with Crippen LogP contribution < -0.4 is 0 Å². The van der Waals surface area contributed by atoms with Gasteiger partial charge in [0.05, 0.1) is 7.11 Å². The van der Waals surface area contributed by atoms with Crippen LogP contribution >= 0.6 is 0 Å². The number of hydrogen-bond donors (Lipinski definition) is 1. The topological polar surface area (TPSA) is 63.6 Å². The zero-order chi connectivity index (χ0) is 36.1. The van der Waals surface area contributed by atoms with Crippen LogP contribution in [-0.2, 0) is 14.3 Å². The van der Waals surface area contributed by atoms with Gasteiger partial charge >= 0.3 is 11.9 Å². The molecule has 0 rings (SSSR count). The maximum absolute atomic E-state index is 10.9. The summed E-state index contributed by atoms with van der Waals surface area (Å²) in [6, 6.07) is 0. The van der Waals surface area contributed by atoms with Gasteiger partial charge in [-0.15, -0.1) is 0 Å². The molecule has 0 aliphatic carbocycles. The van der Waals surface area contributed by atoms with E-state index in [1.54, 1.807) is 12.2 Å². The Hall–Kier alpha value is -2.10. The van der Waals surface area contributed by atoms with E-state index in [0.29, 0.717) is 0 Å². The fourth-order valence-electron chi connectivity index (χ4n) is 5.96. The lowest BCUT2D eigenvalue weighted by molar-refractivity contribution is -0.135. The van der Waals surface area contributed by atoms with Gasteiger partial charge in [-0.25, -0.2) is 9.59 Å². The lowest BCUT2D eigenvalue weighted by Crippen LogP contribution is -1.92. The standard InChI is InChI=1S/C23H42O2.C22H40O2/c1-3-4-5-6-7-8-9-10-11-12-13-14-15-16-17-18-19-20-21-22-23(24)25-2;1-2-3-4-5-6-7-8-9-10-11-12-13-14-15-16-17-18-19-20-21-22(23)24/h19-22H,3-18H2,1-2H3;18-21H,2-17H2,1H3,(H,23,24)/b20-19+,22-21+;19-18+,21-20+. The van der Waals surface area contributed by atoms with Crippen molar-refractivity contribution >= 4 is 11.9 Å². The van der Waals surface area contributed by atoms with E-state index in [1.807, 2.05) is 12.2 Å². The minimum absolute atomic E-state index is 0.295. The number of carboxylic acid groups (broad SMARTS) is 1. The molecule has 0 amide bonds. The summed E-state index contributed by atoms with van der Waals surface area (Å²) in [5, 5.41) is 8.44. The quantitative estimate of drug-likeness (QED) is 0.0308. The van der Waals surface area contributed by atoms with Crippen molar-refractivity contribution in [1.82, 2.24) is 0 Å². The van der Waals surface area contributed by atoms with Crippen molar-refractivity contribution in [2.24, 2.45) is 0 Å². The molecule has 0 aliphatic rings. The number of carboxylic acids is 1. The number of methoxy groups -OCH3 is 1. The molecule has 0 aromatic carbocycles. The zero-order valence-electron chi connectivity index (χ0n) is 32.9. The third-order valence-corrected chi connectivity index (χ3v) is 9.12. The van der Waals surface area contributed by atoms with Crippen molar-refractivity contribution in [3.8, 4) is 0 Å². The van der Waals surface area contributed by atoms with Crippen molar-refractivity contribution < 1.29 is 19.4 Å². The van der Waals surface area contributed by atoms with Crippen molar-refractivity contribution in [1.29, 1.82) is 0 Å². The fourth-order valence-corrected chi connectivity index (χ4v) is 5.96. The van der Waals surface area contributed by atoms with E-state index in [2.05, 4.69) is 30.7 Å². The minimum atomic E-state index is -0.883. The third kappa shape index (κ3) is 50.4. The van der Waals surface area contributed by atoms with E-state index in [0.717, 1.165) is 12.8 Å². The molecule has 1 N–H and O–H groups in total. The van der Waals surface area contributed by atoms with Crippen molar-refractivity contribution in [2.45, 2.75) is 219 Å². The van der Waals surface area contributed by atoms with Crippen molar-refractivity contribution in [3.63, 3.8) is 0 Å². The van der Waals surface area contributed by atoms with Crippen LogP contribution in [0.15, 0.2) is 48.6 Å². The molecule has 0 bridgehead atoms. The van der Waals surface area contributed by atoms with E-state index < -0.39 is 5.97 Å². The zero-order valence-corrected chi connectivity index (χ0v) is 32.9. The number of ether oxygens (including phenoxy) is 1. The largest absolute Gasteiger partial charge is 0.478 e. The van der Waals surface area contributed by atoms with Crippen LogP contribution in [-0.4, -0.2) is 24.2 Å². The summed E-state index contributed by atoms with van der Waals surface area (Å²) < 4.78 is 4.53. The second-order valence-electron chi connectivity index (χ2n) is 13.9. The second-order valence-corrected chi connectivity index (χ2v) is 13.9. The summed E-state index contributed by atoms with van der Waals surface area (Å²) >= 11 is 0. The Morgan fingerprint density at radius 2 is 0.673 bits per heavy atom. The molecule has 286 valence electrons. The van der Waals surface area contributed by atoms with Gasteiger partial charge in [-0.2, -0.15) is 0 Å². The molecular weight excluding hydrogens is 604 g/mol. The van der Waals surface area contributed by atoms with Gasteiger partial charge in [-0.05, 0) is 25.7 Å². The summed E-state index contributed by atoms with van der Waals surface area (Å²) in [5.41, 5.74) is 0. The average molecular weight is 687 g/mol. The first-order chi connectivity index (χ1) is 24.1. The number of esters is 1. The fraction of sp³-hybridized carbons (Fsp3) is 0.778. The Morgan fingerprint density at radius 3 is 0.939 bits per heavy atom. The van der Waals surface area contributed by atoms with Gasteiger partial charge in [0.25, 0.3) is 0 Å². The van der Waals surface area contributed by atoms with Crippen LogP contribution in [0.1, 0.15) is 219 Å². The maximum atomic E-state index is 10.9. The molecule has 4 heteroatoms. The van der Waals surface area contributed by atoms with Crippen LogP contribution in [0.25, 0.3) is 0 Å². The van der Waals surface area contributed by atoms with Crippen LogP contribution in [0.5, 0.6) is 0 Å². The molecule has 0 aromatic rings. The lowest BCUT2D eigenvalue weighted by atomic mass is 10.0. The van der Waals surface area contributed by atoms with Crippen molar-refractivity contribution in [3.05, 3.63) is 48.6 Å². The highest BCUT2D eigenvalue weighted by atomic mass is 16.5. The van der Waals surface area contributed by atoms with Gasteiger partial charge in [0.15, 0.2) is 0 Å². The molecule has 0 saturated heterocycles. The Balaban J connectivity index is 0. The van der Waals surface area contributed by atoms with E-state index in [9.17, 15) is 9.59 Å². The Labute approximate surface area is 305 Å². The van der Waals surface area contributed by atoms with Crippen LogP contribution in [0.3, 0.4) is 0 Å². The third-order valence-electron chi connectivity index (χ3n) is 9.12. The number of rotatable bonds is 36. The van der Waals surface area contributed by atoms with Gasteiger partial charge < -0.3 is 9.84 Å². The molecule has 0 radical (unpaired) electrons. The molecule has 0 aromatic heterocycles. The summed E-state index contributed by atoms with van der Waals surface area (Å²) in [6.07, 6.45) is 58.0. The van der Waals surface area contributed by atoms with Crippen molar-refractivity contribution in [2.75, 3.05) is 7.11 Å². The monoisotopic (exact) mass is 687 g/mol. The predicted octanol–water partition coefficient (Wildman–Crippen LogP) is 15.0. The molecule has 49 heavy (non-hydrogen) atoms. The van der Waals surface area contributed by atoms with Crippen LogP contribution in [0, 0.1) is 0 Å². The van der Waals surface area contributed by atoms with Crippen LogP contribution in [0.4, 0.5) is 0 Å². The van der Waals surface area contributed by atoms with Gasteiger partial charge in [-0.1, -0.05) is 230 Å². The SMILES string of the molecule is CCCCCCCCCCCCCCCCC/C=C/C=C/C(=O)O.CCCCCCCCCCCCCCCCC/C=C/C=C/C(=O)OC. The molecular formula is C45H82O4. The summed E-state index contributed by atoms with van der Waals surface area (Å²) in [5.74, 6) is -1.18. The average Bonchev–Trinajstić information content (AvgIpc) is 3.10. The van der Waals surface area contributed by atoms with E-state index in [4.69, 9.17) is 5.11 Å². The van der Waals surface area contributed by atoms with Gasteiger partial charge in [0, 0.05) is 12.2 Å². The van der Waals surface area contributed by atoms with E-state index in [1.165, 1.54) is 212 Å². The number of hydrogen-bond acceptors (Lipinski definition) is 3. The molecule has 0 unspecified atom stereocenters. The first-order valence-corrected chi connectivity index (χ1v) is 21.1. The minimum Gasteiger partial charge on any atom is -0.478 e. The molecule has 0 heterocycles. The summed E-state index contributed by atoms with van der Waals surface area (Å²) in [6.45, 7) is 4.56. The summed E-state index contributed by atoms with van der Waals surface area (Å²) in [7, 11) is 1.39. The highest BCUT2D eigenvalue weighted by Gasteiger charge is 1.96. The Morgan fingerprint density at radius 1 is 0.408 bits per heavy atom. The molecule has 0 fully saturated rings. The number of unbranched alkanes of at least 4 members (excludes halogenated alkanes) is 30. The number of carbonyl (C=O) groups excluding carboxylic acids is 1. The molecule has 4 nitrogen and oxygen atoms in total. The molecule has 0 spiro atoms. The van der Waals surface area contributed by atoms with E-state index in [-0.39, 0.29) is 5.97 Å². The molecule has 0 atom stereocenters. The van der Waals surface area contributed by atoms with Gasteiger partial charge in [-0.3, -0.25) is 0 Å². The predicted molar refractivity (Wildman–Crippen MR) is 215 cm³/mol. The summed E-state index contributed by atoms with van der Waals surface area (Å²) in [4.78, 5) is 21.1. The molecule has 0 saturated carbocycles. The number of carbonyl (C=O) groups is 2. The van der Waals surface area contributed by atoms with E-state index >= 15 is 0 Å². The Kier molecular flexibility index (Phi) is 45.9. The van der Waals surface area contributed by atoms with Crippen LogP contribution in [0.2, 0.25) is 0 Å². The first kappa shape index (κ1) is 49.0. The van der Waals surface area contributed by atoms with Gasteiger partial charge in [0.1, 0.15) is 0 Å². The normalized spacial score (nSPS) is 11.7. The highest BCUT2D eigenvalue weighted by molar-refractivity contribution is 5.82. The second kappa shape index (κ2) is 45.9.